The summed E-state index contributed by atoms with van der Waals surface area (Å²) in [7, 11) is 0. The number of halogens is 1. The van der Waals surface area contributed by atoms with Crippen molar-refractivity contribution in [2.45, 2.75) is 62.2 Å². The molecular weight excluding hydrogens is 302 g/mol. The molecule has 0 saturated heterocycles. The van der Waals surface area contributed by atoms with Gasteiger partial charge in [0.15, 0.2) is 0 Å². The lowest BCUT2D eigenvalue weighted by Crippen LogP contribution is -2.53. The van der Waals surface area contributed by atoms with Gasteiger partial charge in [0.25, 0.3) is 0 Å². The number of carbonyl (C=O) groups excluding carboxylic acids is 1. The van der Waals surface area contributed by atoms with Gasteiger partial charge in [-0.1, -0.05) is 22.4 Å². The Morgan fingerprint density at radius 2 is 1.58 bits per heavy atom. The average Bonchev–Trinajstić information content (AvgIpc) is 2.73. The first-order valence-corrected chi connectivity index (χ1v) is 9.06. The van der Waals surface area contributed by atoms with Crippen LogP contribution in [0.2, 0.25) is 0 Å². The molecule has 106 valence electrons. The molecule has 0 aromatic rings. The van der Waals surface area contributed by atoms with Gasteiger partial charge < -0.3 is 5.32 Å². The van der Waals surface area contributed by atoms with Crippen molar-refractivity contribution in [2.75, 3.05) is 0 Å². The second-order valence-electron chi connectivity index (χ2n) is 7.52. The number of hydrogen-bond acceptors (Lipinski definition) is 1. The van der Waals surface area contributed by atoms with Gasteiger partial charge >= 0.3 is 0 Å². The topological polar surface area (TPSA) is 29.1 Å². The molecule has 5 saturated carbocycles. The Balaban J connectivity index is 1.45. The molecule has 0 spiro atoms. The Morgan fingerprint density at radius 1 is 0.947 bits per heavy atom. The third-order valence-corrected chi connectivity index (χ3v) is 7.38. The average molecular weight is 326 g/mol. The SMILES string of the molecule is O=C(NC1CCCC1Br)C1C2CC3CC(C2)CC1C3. The van der Waals surface area contributed by atoms with Crippen molar-refractivity contribution in [1.82, 2.24) is 5.32 Å². The van der Waals surface area contributed by atoms with Crippen LogP contribution in [-0.4, -0.2) is 16.8 Å². The largest absolute Gasteiger partial charge is 0.352 e. The minimum absolute atomic E-state index is 0.355. The molecule has 0 aromatic heterocycles. The summed E-state index contributed by atoms with van der Waals surface area (Å²) in [6.07, 6.45) is 10.5. The molecule has 5 aliphatic carbocycles. The lowest BCUT2D eigenvalue weighted by molar-refractivity contribution is -0.138. The predicted octanol–water partition coefficient (Wildman–Crippen LogP) is 3.49. The lowest BCUT2D eigenvalue weighted by Gasteiger charge is -2.53. The zero-order valence-electron chi connectivity index (χ0n) is 11.5. The molecule has 5 fully saturated rings. The monoisotopic (exact) mass is 325 g/mol. The molecule has 1 amide bonds. The first kappa shape index (κ1) is 12.7. The van der Waals surface area contributed by atoms with Crippen LogP contribution < -0.4 is 5.32 Å². The molecule has 1 N–H and O–H groups in total. The van der Waals surface area contributed by atoms with E-state index < -0.39 is 0 Å². The van der Waals surface area contributed by atoms with Crippen LogP contribution >= 0.6 is 15.9 Å². The molecule has 3 heteroatoms. The van der Waals surface area contributed by atoms with Gasteiger partial charge in [0.1, 0.15) is 0 Å². The number of carbonyl (C=O) groups is 1. The summed E-state index contributed by atoms with van der Waals surface area (Å²) in [4.78, 5) is 13.2. The summed E-state index contributed by atoms with van der Waals surface area (Å²) in [6, 6.07) is 0.393. The molecule has 0 radical (unpaired) electrons. The summed E-state index contributed by atoms with van der Waals surface area (Å²) in [5, 5.41) is 3.37. The van der Waals surface area contributed by atoms with Crippen LogP contribution in [0.15, 0.2) is 0 Å². The Hall–Kier alpha value is -0.0500. The summed E-state index contributed by atoms with van der Waals surface area (Å²) in [5.41, 5.74) is 0. The van der Waals surface area contributed by atoms with Gasteiger partial charge in [-0.2, -0.15) is 0 Å². The van der Waals surface area contributed by atoms with E-state index in [4.69, 9.17) is 0 Å². The van der Waals surface area contributed by atoms with Gasteiger partial charge in [-0.15, -0.1) is 0 Å². The van der Waals surface area contributed by atoms with E-state index in [1.807, 2.05) is 0 Å². The van der Waals surface area contributed by atoms with E-state index in [1.54, 1.807) is 0 Å². The first-order chi connectivity index (χ1) is 9.20. The lowest BCUT2D eigenvalue weighted by atomic mass is 9.51. The highest BCUT2D eigenvalue weighted by atomic mass is 79.9. The molecule has 19 heavy (non-hydrogen) atoms. The van der Waals surface area contributed by atoms with Crippen molar-refractivity contribution in [2.24, 2.45) is 29.6 Å². The van der Waals surface area contributed by atoms with Gasteiger partial charge in [-0.05, 0) is 68.6 Å². The van der Waals surface area contributed by atoms with Gasteiger partial charge in [0.2, 0.25) is 5.91 Å². The number of nitrogens with one attached hydrogen (secondary N) is 1. The van der Waals surface area contributed by atoms with E-state index in [0.29, 0.717) is 34.5 Å². The summed E-state index contributed by atoms with van der Waals surface area (Å²) >= 11 is 3.72. The van der Waals surface area contributed by atoms with Crippen LogP contribution in [0, 0.1) is 29.6 Å². The van der Waals surface area contributed by atoms with Crippen molar-refractivity contribution in [1.29, 1.82) is 0 Å². The van der Waals surface area contributed by atoms with E-state index in [2.05, 4.69) is 21.2 Å². The number of hydrogen-bond donors (Lipinski definition) is 1. The zero-order chi connectivity index (χ0) is 13.0. The van der Waals surface area contributed by atoms with E-state index in [1.165, 1.54) is 44.9 Å². The Morgan fingerprint density at radius 3 is 2.11 bits per heavy atom. The third kappa shape index (κ3) is 2.16. The second-order valence-corrected chi connectivity index (χ2v) is 8.69. The fourth-order valence-corrected chi connectivity index (χ4v) is 6.43. The predicted molar refractivity (Wildman–Crippen MR) is 79.0 cm³/mol. The summed E-state index contributed by atoms with van der Waals surface area (Å²) in [6.45, 7) is 0. The highest BCUT2D eigenvalue weighted by Crippen LogP contribution is 2.56. The third-order valence-electron chi connectivity index (χ3n) is 6.29. The molecule has 5 aliphatic rings. The molecule has 4 bridgehead atoms. The van der Waals surface area contributed by atoms with E-state index >= 15 is 0 Å². The Kier molecular flexibility index (Phi) is 3.17. The minimum Gasteiger partial charge on any atom is -0.352 e. The Bertz CT molecular complexity index is 355. The van der Waals surface area contributed by atoms with Crippen molar-refractivity contribution in [3.05, 3.63) is 0 Å². The quantitative estimate of drug-likeness (QED) is 0.773. The molecule has 0 aliphatic heterocycles. The molecule has 2 atom stereocenters. The maximum Gasteiger partial charge on any atom is 0.223 e. The summed E-state index contributed by atoms with van der Waals surface area (Å²) < 4.78 is 0. The van der Waals surface area contributed by atoms with Crippen LogP contribution in [0.1, 0.15) is 51.4 Å². The molecule has 2 unspecified atom stereocenters. The van der Waals surface area contributed by atoms with Crippen LogP contribution in [0.3, 0.4) is 0 Å². The Labute approximate surface area is 124 Å². The number of amides is 1. The van der Waals surface area contributed by atoms with Crippen molar-refractivity contribution < 1.29 is 4.79 Å². The fraction of sp³-hybridized carbons (Fsp3) is 0.938. The maximum absolute atomic E-state index is 12.7. The normalized spacial score (nSPS) is 51.5. The number of alkyl halides is 1. The highest BCUT2D eigenvalue weighted by Gasteiger charge is 2.51. The first-order valence-electron chi connectivity index (χ1n) is 8.15. The standard InChI is InChI=1S/C16H24BrNO/c17-13-2-1-3-14(13)18-16(19)15-11-5-9-4-10(7-11)8-12(15)6-9/h9-15H,1-8H2,(H,18,19). The van der Waals surface area contributed by atoms with Crippen molar-refractivity contribution >= 4 is 21.8 Å². The molecule has 0 aromatic carbocycles. The van der Waals surface area contributed by atoms with Crippen LogP contribution in [0.4, 0.5) is 0 Å². The fourth-order valence-electron chi connectivity index (χ4n) is 5.71. The maximum atomic E-state index is 12.7. The van der Waals surface area contributed by atoms with Gasteiger partial charge in [-0.25, -0.2) is 0 Å². The van der Waals surface area contributed by atoms with Crippen molar-refractivity contribution in [3.63, 3.8) is 0 Å². The zero-order valence-corrected chi connectivity index (χ0v) is 13.1. The van der Waals surface area contributed by atoms with Crippen LogP contribution in [0.25, 0.3) is 0 Å². The minimum atomic E-state index is 0.355. The van der Waals surface area contributed by atoms with Gasteiger partial charge in [-0.3, -0.25) is 4.79 Å². The van der Waals surface area contributed by atoms with E-state index in [9.17, 15) is 4.79 Å². The van der Waals surface area contributed by atoms with Crippen molar-refractivity contribution in [3.8, 4) is 0 Å². The molecule has 0 heterocycles. The molecule has 2 nitrogen and oxygen atoms in total. The van der Waals surface area contributed by atoms with Crippen LogP contribution in [-0.2, 0) is 4.79 Å². The van der Waals surface area contributed by atoms with Crippen LogP contribution in [0.5, 0.6) is 0 Å². The second kappa shape index (κ2) is 4.75. The van der Waals surface area contributed by atoms with Gasteiger partial charge in [0.05, 0.1) is 0 Å². The molecular formula is C16H24BrNO. The molecule has 5 rings (SSSR count). The highest BCUT2D eigenvalue weighted by molar-refractivity contribution is 9.09. The van der Waals surface area contributed by atoms with E-state index in [-0.39, 0.29) is 0 Å². The number of rotatable bonds is 2. The smallest absolute Gasteiger partial charge is 0.223 e. The summed E-state index contributed by atoms with van der Waals surface area (Å²) in [5.74, 6) is 4.10. The van der Waals surface area contributed by atoms with E-state index in [0.717, 1.165) is 18.3 Å². The van der Waals surface area contributed by atoms with Gasteiger partial charge in [0, 0.05) is 16.8 Å².